The van der Waals surface area contributed by atoms with E-state index in [1.54, 1.807) is 24.3 Å². The van der Waals surface area contributed by atoms with Gasteiger partial charge in [0.05, 0.1) is 10.5 Å². The lowest BCUT2D eigenvalue weighted by atomic mass is 9.90. The number of rotatable bonds is 5. The van der Waals surface area contributed by atoms with Crippen LogP contribution in [0.3, 0.4) is 0 Å². The molecule has 160 valence electrons. The number of amides is 1. The van der Waals surface area contributed by atoms with Crippen molar-refractivity contribution < 1.29 is 13.2 Å². The van der Waals surface area contributed by atoms with Crippen molar-refractivity contribution in [2.45, 2.75) is 43.4 Å². The molecular weight excluding hydrogens is 396 g/mol. The van der Waals surface area contributed by atoms with Crippen molar-refractivity contribution in [2.75, 3.05) is 26.2 Å². The van der Waals surface area contributed by atoms with E-state index in [0.717, 1.165) is 38.5 Å². The number of likely N-dealkylation sites (tertiary alicyclic amines) is 1. The van der Waals surface area contributed by atoms with Crippen molar-refractivity contribution in [3.05, 3.63) is 65.7 Å². The Morgan fingerprint density at radius 2 is 1.47 bits per heavy atom. The van der Waals surface area contributed by atoms with Crippen LogP contribution < -0.4 is 0 Å². The number of nitrogens with zero attached hydrogens (tertiary/aromatic N) is 2. The minimum Gasteiger partial charge on any atom is -0.339 e. The van der Waals surface area contributed by atoms with Crippen molar-refractivity contribution in [2.24, 2.45) is 5.92 Å². The maximum atomic E-state index is 13.3. The van der Waals surface area contributed by atoms with E-state index >= 15 is 0 Å². The summed E-state index contributed by atoms with van der Waals surface area (Å²) in [4.78, 5) is 15.2. The van der Waals surface area contributed by atoms with Gasteiger partial charge in [0.25, 0.3) is 5.91 Å². The van der Waals surface area contributed by atoms with Crippen molar-refractivity contribution in [3.8, 4) is 0 Å². The van der Waals surface area contributed by atoms with E-state index in [-0.39, 0.29) is 10.8 Å². The molecule has 6 heteroatoms. The first-order valence-electron chi connectivity index (χ1n) is 11.0. The predicted octanol–water partition coefficient (Wildman–Crippen LogP) is 3.96. The van der Waals surface area contributed by atoms with Gasteiger partial charge in [0.1, 0.15) is 0 Å². The zero-order valence-electron chi connectivity index (χ0n) is 17.4. The van der Waals surface area contributed by atoms with Crippen LogP contribution in [0.2, 0.25) is 0 Å². The zero-order valence-corrected chi connectivity index (χ0v) is 18.2. The smallest absolute Gasteiger partial charge is 0.255 e. The monoisotopic (exact) mass is 426 g/mol. The van der Waals surface area contributed by atoms with Crippen LogP contribution in [0.25, 0.3) is 0 Å². The average Bonchev–Trinajstić information content (AvgIpc) is 2.80. The summed E-state index contributed by atoms with van der Waals surface area (Å²) in [6.07, 6.45) is 5.74. The Kier molecular flexibility index (Phi) is 6.54. The van der Waals surface area contributed by atoms with Gasteiger partial charge < -0.3 is 4.90 Å². The Morgan fingerprint density at radius 3 is 2.17 bits per heavy atom. The Morgan fingerprint density at radius 1 is 0.833 bits per heavy atom. The lowest BCUT2D eigenvalue weighted by molar-refractivity contribution is 0.0686. The van der Waals surface area contributed by atoms with Crippen molar-refractivity contribution in [3.63, 3.8) is 0 Å². The first-order chi connectivity index (χ1) is 14.6. The van der Waals surface area contributed by atoms with Crippen molar-refractivity contribution in [1.29, 1.82) is 0 Å². The number of benzene rings is 2. The number of hydrogen-bond acceptors (Lipinski definition) is 3. The van der Waals surface area contributed by atoms with Crippen LogP contribution in [0.5, 0.6) is 0 Å². The van der Waals surface area contributed by atoms with Crippen LogP contribution >= 0.6 is 0 Å². The molecule has 2 fully saturated rings. The summed E-state index contributed by atoms with van der Waals surface area (Å²) in [6.45, 7) is 2.42. The molecule has 2 aromatic rings. The summed E-state index contributed by atoms with van der Waals surface area (Å²) in [5.74, 6) is 0.396. The molecule has 0 bridgehead atoms. The molecule has 0 saturated carbocycles. The van der Waals surface area contributed by atoms with Gasteiger partial charge in [-0.05, 0) is 55.7 Å². The van der Waals surface area contributed by atoms with E-state index in [1.165, 1.54) is 9.87 Å². The second-order valence-corrected chi connectivity index (χ2v) is 10.3. The van der Waals surface area contributed by atoms with Gasteiger partial charge in [-0.2, -0.15) is 4.31 Å². The van der Waals surface area contributed by atoms with Crippen LogP contribution in [-0.2, 0) is 16.4 Å². The van der Waals surface area contributed by atoms with Crippen LogP contribution in [0.1, 0.15) is 48.0 Å². The highest BCUT2D eigenvalue weighted by Crippen LogP contribution is 2.27. The number of hydrogen-bond donors (Lipinski definition) is 0. The normalized spacial score (nSPS) is 19.0. The third kappa shape index (κ3) is 4.60. The minimum absolute atomic E-state index is 0.156. The molecule has 2 aliphatic rings. The van der Waals surface area contributed by atoms with E-state index in [2.05, 4.69) is 24.3 Å². The maximum Gasteiger partial charge on any atom is 0.255 e. The molecule has 0 radical (unpaired) electrons. The summed E-state index contributed by atoms with van der Waals surface area (Å²) in [7, 11) is -3.64. The van der Waals surface area contributed by atoms with Crippen LogP contribution in [0.15, 0.2) is 59.5 Å². The van der Waals surface area contributed by atoms with Gasteiger partial charge in [-0.25, -0.2) is 8.42 Å². The lowest BCUT2D eigenvalue weighted by Crippen LogP contribution is -2.40. The standard InChI is InChI=1S/C24H30N2O3S/c27-24(25-17-13-21(14-18-25)19-20-9-3-1-4-10-20)22-11-5-6-12-23(22)30(28,29)26-15-7-2-8-16-26/h1,3-6,9-12,21H,2,7-8,13-19H2. The maximum absolute atomic E-state index is 13.3. The molecule has 5 nitrogen and oxygen atoms in total. The fraction of sp³-hybridized carbons (Fsp3) is 0.458. The lowest BCUT2D eigenvalue weighted by Gasteiger charge is -2.33. The molecule has 0 atom stereocenters. The highest BCUT2D eigenvalue weighted by molar-refractivity contribution is 7.89. The van der Waals surface area contributed by atoms with E-state index < -0.39 is 10.0 Å². The van der Waals surface area contributed by atoms with E-state index in [9.17, 15) is 13.2 Å². The van der Waals surface area contributed by atoms with E-state index in [1.807, 2.05) is 11.0 Å². The van der Waals surface area contributed by atoms with Gasteiger partial charge in [0, 0.05) is 26.2 Å². The van der Waals surface area contributed by atoms with E-state index in [0.29, 0.717) is 37.7 Å². The molecular formula is C24H30N2O3S. The van der Waals surface area contributed by atoms with Crippen LogP contribution in [-0.4, -0.2) is 49.7 Å². The first-order valence-corrected chi connectivity index (χ1v) is 12.4. The molecule has 2 heterocycles. The highest BCUT2D eigenvalue weighted by Gasteiger charge is 2.32. The van der Waals surface area contributed by atoms with Crippen LogP contribution in [0, 0.1) is 5.92 Å². The topological polar surface area (TPSA) is 57.7 Å². The second kappa shape index (κ2) is 9.31. The molecule has 0 spiro atoms. The molecule has 30 heavy (non-hydrogen) atoms. The second-order valence-electron chi connectivity index (χ2n) is 8.39. The number of carbonyl (C=O) groups excluding carboxylic acids is 1. The van der Waals surface area contributed by atoms with Gasteiger partial charge in [-0.3, -0.25) is 4.79 Å². The fourth-order valence-corrected chi connectivity index (χ4v) is 6.27. The summed E-state index contributed by atoms with van der Waals surface area (Å²) in [5, 5.41) is 0. The first kappa shape index (κ1) is 21.1. The molecule has 0 aromatic heterocycles. The Hall–Kier alpha value is -2.18. The van der Waals surface area contributed by atoms with E-state index in [4.69, 9.17) is 0 Å². The Balaban J connectivity index is 1.46. The summed E-state index contributed by atoms with van der Waals surface area (Å²) >= 11 is 0. The molecule has 0 unspecified atom stereocenters. The number of carbonyl (C=O) groups is 1. The van der Waals surface area contributed by atoms with Gasteiger partial charge in [0.2, 0.25) is 10.0 Å². The minimum atomic E-state index is -3.64. The third-order valence-electron chi connectivity index (χ3n) is 6.32. The molecule has 2 aliphatic heterocycles. The van der Waals surface area contributed by atoms with Gasteiger partial charge >= 0.3 is 0 Å². The molecule has 4 rings (SSSR count). The fourth-order valence-electron chi connectivity index (χ4n) is 4.57. The molecule has 2 saturated heterocycles. The van der Waals surface area contributed by atoms with Gasteiger partial charge in [-0.1, -0.05) is 48.9 Å². The van der Waals surface area contributed by atoms with Gasteiger partial charge in [-0.15, -0.1) is 0 Å². The quantitative estimate of drug-likeness (QED) is 0.727. The average molecular weight is 427 g/mol. The molecule has 2 aromatic carbocycles. The Labute approximate surface area is 179 Å². The zero-order chi connectivity index (χ0) is 21.0. The van der Waals surface area contributed by atoms with Gasteiger partial charge in [0.15, 0.2) is 0 Å². The number of piperidine rings is 2. The predicted molar refractivity (Wildman–Crippen MR) is 118 cm³/mol. The van der Waals surface area contributed by atoms with Crippen LogP contribution in [0.4, 0.5) is 0 Å². The summed E-state index contributed by atoms with van der Waals surface area (Å²) < 4.78 is 27.9. The number of sulfonamides is 1. The summed E-state index contributed by atoms with van der Waals surface area (Å²) in [6, 6.07) is 17.2. The highest BCUT2D eigenvalue weighted by atomic mass is 32.2. The molecule has 0 N–H and O–H groups in total. The van der Waals surface area contributed by atoms with Crippen molar-refractivity contribution >= 4 is 15.9 Å². The molecule has 1 amide bonds. The Bertz CT molecular complexity index is 961. The third-order valence-corrected chi connectivity index (χ3v) is 8.28. The summed E-state index contributed by atoms with van der Waals surface area (Å²) in [5.41, 5.74) is 1.64. The molecule has 0 aliphatic carbocycles. The SMILES string of the molecule is O=C(c1ccccc1S(=O)(=O)N1CCCCC1)N1CCC(Cc2ccccc2)CC1. The largest absolute Gasteiger partial charge is 0.339 e. The van der Waals surface area contributed by atoms with Crippen molar-refractivity contribution in [1.82, 2.24) is 9.21 Å².